The van der Waals surface area contributed by atoms with Gasteiger partial charge in [-0.3, -0.25) is 0 Å². The second-order valence-electron chi connectivity index (χ2n) is 3.27. The van der Waals surface area contributed by atoms with E-state index in [1.54, 1.807) is 18.2 Å². The first-order chi connectivity index (χ1) is 8.29. The van der Waals surface area contributed by atoms with Crippen LogP contribution < -0.4 is 0 Å². The van der Waals surface area contributed by atoms with E-state index in [2.05, 4.69) is 10.1 Å². The molecule has 0 N–H and O–H groups in total. The van der Waals surface area contributed by atoms with Gasteiger partial charge in [0.05, 0.1) is 25.5 Å². The van der Waals surface area contributed by atoms with Crippen molar-refractivity contribution >= 4 is 12.0 Å². The largest absolute Gasteiger partial charge is 0.466 e. The van der Waals surface area contributed by atoms with Crippen LogP contribution in [-0.4, -0.2) is 27.8 Å². The van der Waals surface area contributed by atoms with Crippen LogP contribution in [0.25, 0.3) is 6.08 Å². The second kappa shape index (κ2) is 5.11. The van der Waals surface area contributed by atoms with E-state index in [0.29, 0.717) is 11.3 Å². The normalized spacial score (nSPS) is 11.5. The third kappa shape index (κ3) is 2.81. The standard InChI is InChI=1S/C11H11N3O3/c1-16-11(15)9(5-10-3-2-4-17-10)6-14-8-12-7-13-14/h2-5,7-8H,6H2,1H3/b9-5+. The van der Waals surface area contributed by atoms with E-state index in [1.165, 1.54) is 30.7 Å². The molecule has 0 fully saturated rings. The zero-order chi connectivity index (χ0) is 12.1. The number of carbonyl (C=O) groups excluding carboxylic acids is 1. The summed E-state index contributed by atoms with van der Waals surface area (Å²) in [4.78, 5) is 15.4. The van der Waals surface area contributed by atoms with Gasteiger partial charge in [0.15, 0.2) is 0 Å². The van der Waals surface area contributed by atoms with Crippen LogP contribution >= 0.6 is 0 Å². The Bertz CT molecular complexity index is 500. The molecule has 0 amide bonds. The average Bonchev–Trinajstić information content (AvgIpc) is 3.00. The van der Waals surface area contributed by atoms with Crippen LogP contribution in [0.2, 0.25) is 0 Å². The minimum atomic E-state index is -0.420. The molecule has 88 valence electrons. The lowest BCUT2D eigenvalue weighted by Crippen LogP contribution is -2.11. The highest BCUT2D eigenvalue weighted by molar-refractivity contribution is 5.93. The maximum atomic E-state index is 11.6. The Balaban J connectivity index is 2.22. The number of methoxy groups -OCH3 is 1. The van der Waals surface area contributed by atoms with Crippen molar-refractivity contribution in [3.8, 4) is 0 Å². The Labute approximate surface area is 97.5 Å². The lowest BCUT2D eigenvalue weighted by molar-refractivity contribution is -0.136. The van der Waals surface area contributed by atoms with Crippen molar-refractivity contribution in [3.05, 3.63) is 42.4 Å². The van der Waals surface area contributed by atoms with Crippen LogP contribution in [0.15, 0.2) is 41.0 Å². The van der Waals surface area contributed by atoms with Gasteiger partial charge in [0.1, 0.15) is 18.4 Å². The first-order valence-corrected chi connectivity index (χ1v) is 4.94. The number of rotatable bonds is 4. The Morgan fingerprint density at radius 3 is 3.12 bits per heavy atom. The summed E-state index contributed by atoms with van der Waals surface area (Å²) in [6.07, 6.45) is 6.09. The number of nitrogens with zero attached hydrogens (tertiary/aromatic N) is 3. The van der Waals surface area contributed by atoms with Gasteiger partial charge in [0.25, 0.3) is 0 Å². The van der Waals surface area contributed by atoms with Gasteiger partial charge in [0, 0.05) is 0 Å². The number of aromatic nitrogens is 3. The van der Waals surface area contributed by atoms with Crippen molar-refractivity contribution < 1.29 is 13.9 Å². The summed E-state index contributed by atoms with van der Waals surface area (Å²) in [5.74, 6) is 0.169. The van der Waals surface area contributed by atoms with Gasteiger partial charge in [0.2, 0.25) is 0 Å². The topological polar surface area (TPSA) is 70.2 Å². The van der Waals surface area contributed by atoms with Crippen LogP contribution in [0.3, 0.4) is 0 Å². The minimum Gasteiger partial charge on any atom is -0.466 e. The molecule has 2 heterocycles. The van der Waals surface area contributed by atoms with Crippen molar-refractivity contribution in [2.24, 2.45) is 0 Å². The van der Waals surface area contributed by atoms with Gasteiger partial charge in [-0.2, -0.15) is 5.10 Å². The van der Waals surface area contributed by atoms with E-state index in [-0.39, 0.29) is 6.54 Å². The summed E-state index contributed by atoms with van der Waals surface area (Å²) < 4.78 is 11.4. The summed E-state index contributed by atoms with van der Waals surface area (Å²) in [6.45, 7) is 0.285. The van der Waals surface area contributed by atoms with Crippen molar-refractivity contribution in [1.29, 1.82) is 0 Å². The summed E-state index contributed by atoms with van der Waals surface area (Å²) in [7, 11) is 1.33. The quantitative estimate of drug-likeness (QED) is 0.584. The molecule has 0 saturated carbocycles. The fraction of sp³-hybridized carbons (Fsp3) is 0.182. The zero-order valence-corrected chi connectivity index (χ0v) is 9.24. The molecule has 0 aromatic carbocycles. The highest BCUT2D eigenvalue weighted by Gasteiger charge is 2.11. The van der Waals surface area contributed by atoms with Crippen molar-refractivity contribution in [3.63, 3.8) is 0 Å². The monoisotopic (exact) mass is 233 g/mol. The Morgan fingerprint density at radius 2 is 2.53 bits per heavy atom. The number of carbonyl (C=O) groups is 1. The highest BCUT2D eigenvalue weighted by Crippen LogP contribution is 2.10. The Morgan fingerprint density at radius 1 is 1.65 bits per heavy atom. The van der Waals surface area contributed by atoms with E-state index < -0.39 is 5.97 Å². The second-order valence-corrected chi connectivity index (χ2v) is 3.27. The number of esters is 1. The predicted octanol–water partition coefficient (Wildman–Crippen LogP) is 1.13. The average molecular weight is 233 g/mol. The third-order valence-corrected chi connectivity index (χ3v) is 2.11. The molecule has 6 heteroatoms. The van der Waals surface area contributed by atoms with Gasteiger partial charge in [-0.1, -0.05) is 0 Å². The van der Waals surface area contributed by atoms with E-state index in [1.807, 2.05) is 0 Å². The maximum Gasteiger partial charge on any atom is 0.335 e. The molecular weight excluding hydrogens is 222 g/mol. The first kappa shape index (κ1) is 11.1. The van der Waals surface area contributed by atoms with Gasteiger partial charge in [-0.15, -0.1) is 0 Å². The van der Waals surface area contributed by atoms with Crippen molar-refractivity contribution in [1.82, 2.24) is 14.8 Å². The van der Waals surface area contributed by atoms with E-state index >= 15 is 0 Å². The molecule has 0 bridgehead atoms. The van der Waals surface area contributed by atoms with E-state index in [0.717, 1.165) is 0 Å². The molecule has 0 aliphatic carbocycles. The lowest BCUT2D eigenvalue weighted by Gasteiger charge is -2.04. The fourth-order valence-corrected chi connectivity index (χ4v) is 1.33. The highest BCUT2D eigenvalue weighted by atomic mass is 16.5. The van der Waals surface area contributed by atoms with Gasteiger partial charge >= 0.3 is 5.97 Å². The molecule has 2 aromatic heterocycles. The van der Waals surface area contributed by atoms with Crippen molar-refractivity contribution in [2.45, 2.75) is 6.54 Å². The summed E-state index contributed by atoms with van der Waals surface area (Å²) in [5, 5.41) is 3.93. The van der Waals surface area contributed by atoms with Gasteiger partial charge < -0.3 is 9.15 Å². The first-order valence-electron chi connectivity index (χ1n) is 4.94. The summed E-state index contributed by atoms with van der Waals surface area (Å²) in [5.41, 5.74) is 0.438. The molecule has 0 saturated heterocycles. The zero-order valence-electron chi connectivity index (χ0n) is 9.24. The van der Waals surface area contributed by atoms with Gasteiger partial charge in [-0.05, 0) is 18.2 Å². The molecule has 0 atom stereocenters. The van der Waals surface area contributed by atoms with Crippen LogP contribution in [0, 0.1) is 0 Å². The lowest BCUT2D eigenvalue weighted by atomic mass is 10.2. The molecule has 6 nitrogen and oxygen atoms in total. The Hall–Kier alpha value is -2.37. The molecule has 17 heavy (non-hydrogen) atoms. The molecule has 0 aliphatic rings. The van der Waals surface area contributed by atoms with E-state index in [4.69, 9.17) is 9.15 Å². The summed E-state index contributed by atoms with van der Waals surface area (Å²) >= 11 is 0. The van der Waals surface area contributed by atoms with Crippen LogP contribution in [0.5, 0.6) is 0 Å². The summed E-state index contributed by atoms with van der Waals surface area (Å²) in [6, 6.07) is 3.50. The molecule has 0 unspecified atom stereocenters. The molecule has 0 aliphatic heterocycles. The predicted molar refractivity (Wildman–Crippen MR) is 58.7 cm³/mol. The third-order valence-electron chi connectivity index (χ3n) is 2.11. The van der Waals surface area contributed by atoms with Crippen LogP contribution in [-0.2, 0) is 16.1 Å². The number of hydrogen-bond donors (Lipinski definition) is 0. The van der Waals surface area contributed by atoms with E-state index in [9.17, 15) is 4.79 Å². The SMILES string of the molecule is COC(=O)/C(=C/c1ccco1)Cn1cncn1. The minimum absolute atomic E-state index is 0.285. The number of furan rings is 1. The molecule has 0 spiro atoms. The van der Waals surface area contributed by atoms with Crippen LogP contribution in [0.1, 0.15) is 5.76 Å². The smallest absolute Gasteiger partial charge is 0.335 e. The fourth-order valence-electron chi connectivity index (χ4n) is 1.33. The molecule has 0 radical (unpaired) electrons. The molecular formula is C11H11N3O3. The van der Waals surface area contributed by atoms with Crippen molar-refractivity contribution in [2.75, 3.05) is 7.11 Å². The molecule has 2 rings (SSSR count). The maximum absolute atomic E-state index is 11.6. The Kier molecular flexibility index (Phi) is 3.34. The van der Waals surface area contributed by atoms with Crippen LogP contribution in [0.4, 0.5) is 0 Å². The molecule has 2 aromatic rings. The number of hydrogen-bond acceptors (Lipinski definition) is 5. The van der Waals surface area contributed by atoms with Gasteiger partial charge in [-0.25, -0.2) is 14.5 Å². The number of ether oxygens (including phenoxy) is 1.